The Morgan fingerprint density at radius 3 is 2.50 bits per heavy atom. The van der Waals surface area contributed by atoms with Crippen LogP contribution < -0.4 is 11.1 Å². The van der Waals surface area contributed by atoms with Crippen LogP contribution in [0.25, 0.3) is 11.3 Å². The Kier molecular flexibility index (Phi) is 10.4. The number of nitrogens with two attached hydrogens (primary N) is 1. The van der Waals surface area contributed by atoms with Crippen molar-refractivity contribution in [3.63, 3.8) is 0 Å². The largest absolute Gasteiger partial charge is 0.461 e. The molecule has 1 heterocycles. The zero-order valence-corrected chi connectivity index (χ0v) is 24.9. The number of halogens is 2. The molecule has 2 aromatic carbocycles. The smallest absolute Gasteiger partial charge is 0.325 e. The van der Waals surface area contributed by atoms with Gasteiger partial charge >= 0.3 is 5.97 Å². The number of benzene rings is 2. The van der Waals surface area contributed by atoms with E-state index in [9.17, 15) is 4.79 Å². The van der Waals surface area contributed by atoms with Crippen LogP contribution in [0.15, 0.2) is 48.7 Å². The van der Waals surface area contributed by atoms with Crippen molar-refractivity contribution in [1.29, 1.82) is 0 Å². The Hall–Kier alpha value is -2.71. The average Bonchev–Trinajstić information content (AvgIpc) is 3.42. The highest BCUT2D eigenvalue weighted by Crippen LogP contribution is 2.27. The van der Waals surface area contributed by atoms with Crippen molar-refractivity contribution in [3.8, 4) is 11.3 Å². The maximum atomic E-state index is 13.0. The number of anilines is 1. The number of hydrogen-bond acceptors (Lipinski definition) is 7. The van der Waals surface area contributed by atoms with E-state index in [1.54, 1.807) is 6.20 Å². The monoisotopic (exact) mass is 584 g/mol. The fourth-order valence-electron chi connectivity index (χ4n) is 4.65. The van der Waals surface area contributed by atoms with Gasteiger partial charge in [-0.15, -0.1) is 0 Å². The summed E-state index contributed by atoms with van der Waals surface area (Å²) in [6, 6.07) is 12.9. The third kappa shape index (κ3) is 8.64. The highest BCUT2D eigenvalue weighted by molar-refractivity contribution is 6.36. The number of ether oxygens (including phenoxy) is 2. The number of hydrogen-bond donors (Lipinski definition) is 2. The van der Waals surface area contributed by atoms with Crippen molar-refractivity contribution in [2.75, 3.05) is 12.3 Å². The van der Waals surface area contributed by atoms with Gasteiger partial charge in [0.2, 0.25) is 0 Å². The van der Waals surface area contributed by atoms with Gasteiger partial charge in [-0.25, -0.2) is 9.97 Å². The molecule has 0 saturated heterocycles. The Labute approximate surface area is 246 Å². The molecule has 3 N–H and O–H groups in total. The van der Waals surface area contributed by atoms with Crippen molar-refractivity contribution in [1.82, 2.24) is 15.3 Å². The summed E-state index contributed by atoms with van der Waals surface area (Å²) in [5.41, 5.74) is 9.95. The number of carbonyl (C=O) groups excluding carboxylic acids is 1. The van der Waals surface area contributed by atoms with E-state index >= 15 is 0 Å². The van der Waals surface area contributed by atoms with Gasteiger partial charge in [0.1, 0.15) is 18.0 Å². The lowest BCUT2D eigenvalue weighted by molar-refractivity contribution is -0.154. The molecule has 0 spiro atoms. The first-order valence-corrected chi connectivity index (χ1v) is 14.6. The second kappa shape index (κ2) is 13.8. The minimum atomic E-state index is -0.567. The molecule has 40 heavy (non-hydrogen) atoms. The zero-order chi connectivity index (χ0) is 28.7. The lowest BCUT2D eigenvalue weighted by Gasteiger charge is -2.25. The lowest BCUT2D eigenvalue weighted by atomic mass is 10.1. The van der Waals surface area contributed by atoms with E-state index in [-0.39, 0.29) is 24.3 Å². The number of nitrogens with zero attached hydrogens (tertiary/aromatic N) is 2. The van der Waals surface area contributed by atoms with Crippen LogP contribution in [0, 0.1) is 0 Å². The van der Waals surface area contributed by atoms with Gasteiger partial charge in [-0.1, -0.05) is 47.5 Å². The van der Waals surface area contributed by atoms with Crippen LogP contribution in [-0.2, 0) is 33.7 Å². The summed E-state index contributed by atoms with van der Waals surface area (Å²) in [6.07, 6.45) is 6.88. The van der Waals surface area contributed by atoms with E-state index in [2.05, 4.69) is 10.3 Å². The number of carbonyl (C=O) groups is 1. The molecule has 9 heteroatoms. The second-order valence-corrected chi connectivity index (χ2v) is 12.0. The first-order valence-electron chi connectivity index (χ1n) is 13.8. The fraction of sp³-hybridized carbons (Fsp3) is 0.452. The molecule has 7 nitrogen and oxygen atoms in total. The normalized spacial score (nSPS) is 14.8. The standard InChI is InChI=1S/C31H38Cl2N4O3/c1-31(2,3)39-19-28(30(38)40-22-10-4-5-11-22)35-17-20-8-6-9-21(16-20)27-18-36-29(34)26(37-27)15-14-23-24(32)12-7-13-25(23)33/h6-9,12-13,16,18,22,28,35H,4-5,10-11,14-15,17,19H2,1-3H3,(H2,34,36)/t28-/m0/s1. The summed E-state index contributed by atoms with van der Waals surface area (Å²) in [4.78, 5) is 22.2. The van der Waals surface area contributed by atoms with E-state index in [1.807, 2.05) is 63.2 Å². The van der Waals surface area contributed by atoms with Crippen LogP contribution in [0.4, 0.5) is 5.82 Å². The maximum absolute atomic E-state index is 13.0. The number of aryl methyl sites for hydroxylation is 1. The zero-order valence-electron chi connectivity index (χ0n) is 23.4. The molecule has 1 fully saturated rings. The van der Waals surface area contributed by atoms with E-state index in [4.69, 9.17) is 43.4 Å². The molecule has 0 unspecified atom stereocenters. The molecule has 3 aromatic rings. The molecule has 0 bridgehead atoms. The molecule has 1 aromatic heterocycles. The second-order valence-electron chi connectivity index (χ2n) is 11.2. The van der Waals surface area contributed by atoms with Gasteiger partial charge < -0.3 is 15.2 Å². The highest BCUT2D eigenvalue weighted by atomic mass is 35.5. The summed E-state index contributed by atoms with van der Waals surface area (Å²) in [7, 11) is 0. The number of aromatic nitrogens is 2. The molecular formula is C31H38Cl2N4O3. The number of nitrogen functional groups attached to an aromatic ring is 1. The summed E-state index contributed by atoms with van der Waals surface area (Å²) >= 11 is 12.7. The molecule has 0 amide bonds. The lowest BCUT2D eigenvalue weighted by Crippen LogP contribution is -2.44. The van der Waals surface area contributed by atoms with Crippen LogP contribution in [-0.4, -0.2) is 40.3 Å². The van der Waals surface area contributed by atoms with E-state index in [1.165, 1.54) is 0 Å². The van der Waals surface area contributed by atoms with Gasteiger partial charge in [0, 0.05) is 22.2 Å². The molecule has 4 rings (SSSR count). The first kappa shape index (κ1) is 30.3. The molecule has 1 aliphatic rings. The SMILES string of the molecule is CC(C)(C)OC[C@H](NCc1cccc(-c2cnc(N)c(CCc3c(Cl)cccc3Cl)n2)c1)C(=O)OC1CCCC1. The summed E-state index contributed by atoms with van der Waals surface area (Å²) < 4.78 is 11.7. The van der Waals surface area contributed by atoms with E-state index in [0.717, 1.165) is 42.4 Å². The Balaban J connectivity index is 1.44. The Morgan fingerprint density at radius 2 is 1.80 bits per heavy atom. The number of nitrogens with one attached hydrogen (secondary N) is 1. The van der Waals surface area contributed by atoms with Crippen molar-refractivity contribution < 1.29 is 14.3 Å². The number of esters is 1. The third-order valence-electron chi connectivity index (χ3n) is 6.88. The quantitative estimate of drug-likeness (QED) is 0.245. The van der Waals surface area contributed by atoms with Crippen molar-refractivity contribution in [3.05, 3.63) is 75.5 Å². The van der Waals surface area contributed by atoms with Gasteiger partial charge in [-0.05, 0) is 88.6 Å². The van der Waals surface area contributed by atoms with Gasteiger partial charge in [0.25, 0.3) is 0 Å². The molecular weight excluding hydrogens is 547 g/mol. The minimum Gasteiger partial charge on any atom is -0.461 e. The Bertz CT molecular complexity index is 1290. The van der Waals surface area contributed by atoms with Crippen LogP contribution >= 0.6 is 23.2 Å². The molecule has 0 aliphatic heterocycles. The highest BCUT2D eigenvalue weighted by Gasteiger charge is 2.27. The maximum Gasteiger partial charge on any atom is 0.325 e. The van der Waals surface area contributed by atoms with Crippen molar-refractivity contribution in [2.24, 2.45) is 0 Å². The summed E-state index contributed by atoms with van der Waals surface area (Å²) in [5.74, 6) is 0.118. The fourth-order valence-corrected chi connectivity index (χ4v) is 5.24. The van der Waals surface area contributed by atoms with Crippen LogP contribution in [0.1, 0.15) is 63.3 Å². The van der Waals surface area contributed by atoms with Crippen LogP contribution in [0.3, 0.4) is 0 Å². The summed E-state index contributed by atoms with van der Waals surface area (Å²) in [5, 5.41) is 4.59. The topological polar surface area (TPSA) is 99.4 Å². The van der Waals surface area contributed by atoms with Gasteiger partial charge in [-0.3, -0.25) is 10.1 Å². The van der Waals surface area contributed by atoms with Crippen molar-refractivity contribution >= 4 is 35.0 Å². The van der Waals surface area contributed by atoms with E-state index in [0.29, 0.717) is 46.6 Å². The van der Waals surface area contributed by atoms with E-state index < -0.39 is 6.04 Å². The van der Waals surface area contributed by atoms with Crippen LogP contribution in [0.5, 0.6) is 0 Å². The predicted molar refractivity (Wildman–Crippen MR) is 160 cm³/mol. The average molecular weight is 586 g/mol. The molecule has 0 radical (unpaired) electrons. The Morgan fingerprint density at radius 1 is 1.10 bits per heavy atom. The van der Waals surface area contributed by atoms with Gasteiger partial charge in [0.15, 0.2) is 0 Å². The molecule has 1 atom stereocenters. The third-order valence-corrected chi connectivity index (χ3v) is 7.59. The molecule has 1 aliphatic carbocycles. The molecule has 1 saturated carbocycles. The number of rotatable bonds is 11. The van der Waals surface area contributed by atoms with Gasteiger partial charge in [-0.2, -0.15) is 0 Å². The minimum absolute atomic E-state index is 0.00185. The van der Waals surface area contributed by atoms with Crippen LogP contribution in [0.2, 0.25) is 10.0 Å². The predicted octanol–water partition coefficient (Wildman–Crippen LogP) is 6.58. The molecule has 214 valence electrons. The van der Waals surface area contributed by atoms with Crippen molar-refractivity contribution in [2.45, 2.75) is 83.6 Å². The summed E-state index contributed by atoms with van der Waals surface area (Å²) in [6.45, 7) is 6.62. The first-order chi connectivity index (χ1) is 19.1. The van der Waals surface area contributed by atoms with Gasteiger partial charge in [0.05, 0.1) is 29.8 Å².